The fourth-order valence-corrected chi connectivity index (χ4v) is 5.76. The topological polar surface area (TPSA) is 85.0 Å². The number of aryl methyl sites for hydroxylation is 2. The number of para-hydroxylation sites is 1. The first-order valence-electron chi connectivity index (χ1n) is 14.6. The number of ketones is 1. The van der Waals surface area contributed by atoms with Crippen LogP contribution in [0.15, 0.2) is 73.2 Å². The first kappa shape index (κ1) is 28.5. The highest BCUT2D eigenvalue weighted by Crippen LogP contribution is 2.29. The Bertz CT molecular complexity index is 1460. The van der Waals surface area contributed by atoms with E-state index in [1.54, 1.807) is 16.9 Å². The highest BCUT2D eigenvalue weighted by atomic mass is 16.1. The van der Waals surface area contributed by atoms with E-state index < -0.39 is 0 Å². The van der Waals surface area contributed by atoms with E-state index in [4.69, 9.17) is 4.98 Å². The summed E-state index contributed by atoms with van der Waals surface area (Å²) in [5, 5.41) is 7.25. The number of rotatable bonds is 11. The number of benzene rings is 2. The fraction of sp³-hybridized carbons (Fsp3) is 0.394. The van der Waals surface area contributed by atoms with E-state index in [0.29, 0.717) is 48.5 Å². The van der Waals surface area contributed by atoms with Gasteiger partial charge in [-0.3, -0.25) is 24.2 Å². The molecule has 0 aliphatic heterocycles. The maximum absolute atomic E-state index is 13.3. The zero-order chi connectivity index (χ0) is 28.8. The monoisotopic (exact) mass is 552 g/mol. The Morgan fingerprint density at radius 3 is 2.46 bits per heavy atom. The normalized spacial score (nSPS) is 17.1. The third-order valence-electron chi connectivity index (χ3n) is 8.13. The number of imidazole rings is 1. The van der Waals surface area contributed by atoms with Crippen molar-refractivity contribution in [2.24, 2.45) is 13.0 Å². The van der Waals surface area contributed by atoms with Crippen molar-refractivity contribution in [1.82, 2.24) is 24.2 Å². The molecule has 0 unspecified atom stereocenters. The van der Waals surface area contributed by atoms with E-state index >= 15 is 0 Å². The number of nitrogens with one attached hydrogen (secondary N) is 1. The van der Waals surface area contributed by atoms with Crippen molar-refractivity contribution >= 4 is 17.6 Å². The van der Waals surface area contributed by atoms with Gasteiger partial charge in [-0.05, 0) is 88.4 Å². The van der Waals surface area contributed by atoms with Crippen molar-refractivity contribution in [3.8, 4) is 16.8 Å². The molecule has 5 rings (SSSR count). The molecule has 2 aromatic carbocycles. The zero-order valence-corrected chi connectivity index (χ0v) is 24.3. The van der Waals surface area contributed by atoms with Crippen molar-refractivity contribution in [2.75, 3.05) is 19.4 Å². The second-order valence-corrected chi connectivity index (χ2v) is 11.4. The Labute approximate surface area is 242 Å². The zero-order valence-electron chi connectivity index (χ0n) is 24.3. The van der Waals surface area contributed by atoms with Crippen LogP contribution in [0.4, 0.5) is 5.95 Å². The minimum Gasteiger partial charge on any atom is -0.306 e. The van der Waals surface area contributed by atoms with Crippen LogP contribution in [0.3, 0.4) is 0 Å². The third kappa shape index (κ3) is 7.38. The average molecular weight is 553 g/mol. The van der Waals surface area contributed by atoms with E-state index in [1.807, 2.05) is 72.5 Å². The Morgan fingerprint density at radius 2 is 1.76 bits per heavy atom. The molecule has 214 valence electrons. The summed E-state index contributed by atoms with van der Waals surface area (Å²) in [4.78, 5) is 33.1. The second kappa shape index (κ2) is 13.1. The van der Waals surface area contributed by atoms with Crippen LogP contribution in [-0.2, 0) is 18.3 Å². The van der Waals surface area contributed by atoms with E-state index in [1.165, 1.54) is 12.8 Å². The molecule has 4 aromatic rings. The summed E-state index contributed by atoms with van der Waals surface area (Å²) < 4.78 is 3.65. The van der Waals surface area contributed by atoms with Crippen LogP contribution in [0.5, 0.6) is 0 Å². The molecular weight excluding hydrogens is 512 g/mol. The minimum atomic E-state index is -0.232. The molecule has 2 aromatic heterocycles. The standard InChI is InChI=1S/C33H40N6O2/c1-37(2)29-17-15-24(16-18-29)19-31(40)14-8-11-28-23-39(30-12-5-4-6-13-30)33(35-28)36-32(41)26-10-7-9-25(20-26)27-21-34-38(3)22-27/h4-7,9-10,12-13,20-24,29H,8,11,14-19H2,1-3H3,(H,35,36,41). The van der Waals surface area contributed by atoms with Gasteiger partial charge in [-0.2, -0.15) is 5.10 Å². The molecule has 1 aliphatic carbocycles. The van der Waals surface area contributed by atoms with Crippen molar-refractivity contribution in [3.05, 3.63) is 84.4 Å². The maximum atomic E-state index is 13.3. The SMILES string of the molecule is CN(C)C1CCC(CC(=O)CCCc2cn(-c3ccccc3)c(NC(=O)c3cccc(-c4cnn(C)c4)c3)n2)CC1. The van der Waals surface area contributed by atoms with E-state index in [-0.39, 0.29) is 5.91 Å². The molecule has 8 nitrogen and oxygen atoms in total. The molecule has 0 atom stereocenters. The average Bonchev–Trinajstić information content (AvgIpc) is 3.60. The number of hydrogen-bond donors (Lipinski definition) is 1. The van der Waals surface area contributed by atoms with Gasteiger partial charge in [-0.25, -0.2) is 4.98 Å². The number of carbonyl (C=O) groups is 2. The molecule has 2 heterocycles. The third-order valence-corrected chi connectivity index (χ3v) is 8.13. The molecule has 41 heavy (non-hydrogen) atoms. The van der Waals surface area contributed by atoms with Crippen molar-refractivity contribution in [1.29, 1.82) is 0 Å². The number of carbonyl (C=O) groups excluding carboxylic acids is 2. The number of nitrogens with zero attached hydrogens (tertiary/aromatic N) is 5. The number of hydrogen-bond acceptors (Lipinski definition) is 5. The molecule has 1 amide bonds. The molecule has 0 bridgehead atoms. The first-order chi connectivity index (χ1) is 19.9. The van der Waals surface area contributed by atoms with Gasteiger partial charge in [0.1, 0.15) is 5.78 Å². The van der Waals surface area contributed by atoms with Crippen molar-refractivity contribution in [2.45, 2.75) is 57.4 Å². The van der Waals surface area contributed by atoms with Crippen molar-refractivity contribution < 1.29 is 9.59 Å². The van der Waals surface area contributed by atoms with Gasteiger partial charge in [0, 0.05) is 55.1 Å². The Hall–Kier alpha value is -4.04. The molecule has 1 saturated carbocycles. The number of Topliss-reactive ketones (excluding diaryl/α,β-unsaturated/α-hetero) is 1. The molecule has 1 fully saturated rings. The smallest absolute Gasteiger partial charge is 0.258 e. The van der Waals surface area contributed by atoms with Gasteiger partial charge in [-0.15, -0.1) is 0 Å². The number of aromatic nitrogens is 4. The summed E-state index contributed by atoms with van der Waals surface area (Å²) in [6.45, 7) is 0. The van der Waals surface area contributed by atoms with Gasteiger partial charge in [-0.1, -0.05) is 30.3 Å². The van der Waals surface area contributed by atoms with Crippen LogP contribution in [0.25, 0.3) is 16.8 Å². The number of amides is 1. The highest BCUT2D eigenvalue weighted by molar-refractivity contribution is 6.04. The second-order valence-electron chi connectivity index (χ2n) is 11.4. The van der Waals surface area contributed by atoms with Crippen LogP contribution >= 0.6 is 0 Å². The minimum absolute atomic E-state index is 0.232. The summed E-state index contributed by atoms with van der Waals surface area (Å²) in [7, 11) is 6.16. The van der Waals surface area contributed by atoms with Gasteiger partial charge in [0.25, 0.3) is 5.91 Å². The van der Waals surface area contributed by atoms with Gasteiger partial charge in [0.15, 0.2) is 0 Å². The van der Waals surface area contributed by atoms with E-state index in [2.05, 4.69) is 29.4 Å². The summed E-state index contributed by atoms with van der Waals surface area (Å²) in [5.74, 6) is 1.11. The van der Waals surface area contributed by atoms with E-state index in [0.717, 1.165) is 41.8 Å². The largest absolute Gasteiger partial charge is 0.306 e. The van der Waals surface area contributed by atoms with Crippen molar-refractivity contribution in [3.63, 3.8) is 0 Å². The van der Waals surface area contributed by atoms with Gasteiger partial charge in [0.05, 0.1) is 11.9 Å². The van der Waals surface area contributed by atoms with E-state index in [9.17, 15) is 9.59 Å². The molecule has 1 aliphatic rings. The first-order valence-corrected chi connectivity index (χ1v) is 14.6. The molecule has 8 heteroatoms. The molecule has 1 N–H and O–H groups in total. The fourth-order valence-electron chi connectivity index (χ4n) is 5.76. The van der Waals surface area contributed by atoms with Gasteiger partial charge >= 0.3 is 0 Å². The summed E-state index contributed by atoms with van der Waals surface area (Å²) in [6, 6.07) is 18.0. The van der Waals surface area contributed by atoms with Crippen LogP contribution in [0.2, 0.25) is 0 Å². The summed E-state index contributed by atoms with van der Waals surface area (Å²) >= 11 is 0. The number of anilines is 1. The Morgan fingerprint density at radius 1 is 0.976 bits per heavy atom. The van der Waals surface area contributed by atoms with Crippen LogP contribution in [-0.4, -0.2) is 56.1 Å². The Balaban J connectivity index is 1.22. The van der Waals surface area contributed by atoms with Crippen LogP contribution < -0.4 is 5.32 Å². The molecule has 0 radical (unpaired) electrons. The Kier molecular flexibility index (Phi) is 9.09. The lowest BCUT2D eigenvalue weighted by Crippen LogP contribution is -2.32. The van der Waals surface area contributed by atoms with Crippen LogP contribution in [0, 0.1) is 5.92 Å². The quantitative estimate of drug-likeness (QED) is 0.249. The lowest BCUT2D eigenvalue weighted by atomic mass is 9.82. The predicted molar refractivity (Wildman–Crippen MR) is 162 cm³/mol. The lowest BCUT2D eigenvalue weighted by Gasteiger charge is -2.32. The van der Waals surface area contributed by atoms with Gasteiger partial charge < -0.3 is 4.90 Å². The maximum Gasteiger partial charge on any atom is 0.258 e. The lowest BCUT2D eigenvalue weighted by molar-refractivity contribution is -0.120. The highest BCUT2D eigenvalue weighted by Gasteiger charge is 2.24. The molecule has 0 spiro atoms. The van der Waals surface area contributed by atoms with Gasteiger partial charge in [0.2, 0.25) is 5.95 Å². The van der Waals surface area contributed by atoms with Crippen LogP contribution in [0.1, 0.15) is 61.0 Å². The summed E-state index contributed by atoms with van der Waals surface area (Å²) in [5.41, 5.74) is 4.18. The molecular formula is C33H40N6O2. The summed E-state index contributed by atoms with van der Waals surface area (Å²) in [6.07, 6.45) is 13.0. The predicted octanol–water partition coefficient (Wildman–Crippen LogP) is 5.93. The molecule has 0 saturated heterocycles.